The number of pyridine rings is 1. The van der Waals surface area contributed by atoms with Crippen LogP contribution in [0.25, 0.3) is 5.65 Å². The summed E-state index contributed by atoms with van der Waals surface area (Å²) in [5.74, 6) is 1.48. The Hall–Kier alpha value is -2.15. The summed E-state index contributed by atoms with van der Waals surface area (Å²) in [6, 6.07) is 5.80. The lowest BCUT2D eigenvalue weighted by molar-refractivity contribution is 0.0522. The molecule has 7 nitrogen and oxygen atoms in total. The first-order valence-electron chi connectivity index (χ1n) is 8.23. The van der Waals surface area contributed by atoms with Gasteiger partial charge in [0.1, 0.15) is 6.54 Å². The fourth-order valence-electron chi connectivity index (χ4n) is 2.95. The maximum atomic E-state index is 10.4. The quantitative estimate of drug-likeness (QED) is 0.568. The van der Waals surface area contributed by atoms with E-state index >= 15 is 0 Å². The summed E-state index contributed by atoms with van der Waals surface area (Å²) >= 11 is 0. The molecule has 0 saturated heterocycles. The summed E-state index contributed by atoms with van der Waals surface area (Å²) in [7, 11) is 0. The van der Waals surface area contributed by atoms with E-state index < -0.39 is 5.60 Å². The maximum Gasteiger partial charge on any atom is 0.191 e. The van der Waals surface area contributed by atoms with Crippen LogP contribution in [-0.4, -0.2) is 44.4 Å². The van der Waals surface area contributed by atoms with Crippen molar-refractivity contribution in [1.82, 2.24) is 25.2 Å². The van der Waals surface area contributed by atoms with Gasteiger partial charge in [0.25, 0.3) is 0 Å². The van der Waals surface area contributed by atoms with Crippen molar-refractivity contribution in [3.63, 3.8) is 0 Å². The molecule has 0 radical (unpaired) electrons. The molecule has 23 heavy (non-hydrogen) atoms. The number of nitrogens with zero attached hydrogens (tertiary/aromatic N) is 4. The molecule has 7 heteroatoms. The number of aromatic nitrogens is 3. The van der Waals surface area contributed by atoms with Crippen molar-refractivity contribution >= 4 is 11.6 Å². The highest BCUT2D eigenvalue weighted by Crippen LogP contribution is 2.28. The topological polar surface area (TPSA) is 86.8 Å². The molecule has 0 aromatic carbocycles. The second-order valence-corrected chi connectivity index (χ2v) is 6.03. The number of nitrogens with one attached hydrogen (secondary N) is 2. The Kier molecular flexibility index (Phi) is 4.76. The average molecular weight is 316 g/mol. The third-order valence-electron chi connectivity index (χ3n) is 4.23. The highest BCUT2D eigenvalue weighted by atomic mass is 16.3. The van der Waals surface area contributed by atoms with E-state index in [9.17, 15) is 5.11 Å². The summed E-state index contributed by atoms with van der Waals surface area (Å²) in [4.78, 5) is 4.56. The van der Waals surface area contributed by atoms with Crippen LogP contribution in [0.15, 0.2) is 29.4 Å². The van der Waals surface area contributed by atoms with Gasteiger partial charge in [-0.3, -0.25) is 4.40 Å². The second kappa shape index (κ2) is 6.95. The third-order valence-corrected chi connectivity index (χ3v) is 4.23. The molecule has 1 saturated carbocycles. The number of rotatable bonds is 5. The van der Waals surface area contributed by atoms with Gasteiger partial charge in [-0.15, -0.1) is 10.2 Å². The summed E-state index contributed by atoms with van der Waals surface area (Å²) in [5, 5.41) is 25.2. The van der Waals surface area contributed by atoms with Gasteiger partial charge in [-0.2, -0.15) is 0 Å². The highest BCUT2D eigenvalue weighted by molar-refractivity contribution is 5.79. The Morgan fingerprint density at radius 3 is 2.91 bits per heavy atom. The van der Waals surface area contributed by atoms with Crippen LogP contribution in [0.3, 0.4) is 0 Å². The van der Waals surface area contributed by atoms with Gasteiger partial charge >= 0.3 is 0 Å². The molecule has 0 aliphatic heterocycles. The Balaban J connectivity index is 1.66. The number of hydrogen-bond acceptors (Lipinski definition) is 4. The van der Waals surface area contributed by atoms with Crippen molar-refractivity contribution in [2.24, 2.45) is 4.99 Å². The molecular weight excluding hydrogens is 292 g/mol. The number of aliphatic hydroxyl groups is 1. The molecular formula is C16H24N6O. The first-order valence-corrected chi connectivity index (χ1v) is 8.23. The summed E-state index contributed by atoms with van der Waals surface area (Å²) in [6.07, 6.45) is 5.83. The molecule has 2 heterocycles. The minimum atomic E-state index is -0.599. The fraction of sp³-hybridized carbons (Fsp3) is 0.562. The van der Waals surface area contributed by atoms with Gasteiger partial charge in [0, 0.05) is 19.3 Å². The Bertz CT molecular complexity index is 674. The molecule has 0 amide bonds. The van der Waals surface area contributed by atoms with Gasteiger partial charge in [0.05, 0.1) is 5.60 Å². The van der Waals surface area contributed by atoms with Crippen LogP contribution in [0.5, 0.6) is 0 Å². The molecule has 3 N–H and O–H groups in total. The molecule has 0 bridgehead atoms. The van der Waals surface area contributed by atoms with E-state index in [4.69, 9.17) is 0 Å². The maximum absolute atomic E-state index is 10.4. The van der Waals surface area contributed by atoms with E-state index in [1.54, 1.807) is 0 Å². The lowest BCUT2D eigenvalue weighted by Gasteiger charge is -2.23. The standard InChI is InChI=1S/C16H24N6O/c1-2-17-15(19-12-16(23)8-4-5-9-16)18-11-14-21-20-13-7-3-6-10-22(13)14/h3,6-7,10,23H,2,4-5,8-9,11-12H2,1H3,(H2,17,18,19). The zero-order valence-corrected chi connectivity index (χ0v) is 13.5. The first-order chi connectivity index (χ1) is 11.2. The van der Waals surface area contributed by atoms with Crippen molar-refractivity contribution in [3.8, 4) is 0 Å². The SMILES string of the molecule is CCNC(=NCc1nnc2ccccn12)NCC1(O)CCCC1. The van der Waals surface area contributed by atoms with E-state index in [2.05, 4.69) is 25.8 Å². The van der Waals surface area contributed by atoms with E-state index in [0.717, 1.165) is 43.7 Å². The normalized spacial score (nSPS) is 17.6. The van der Waals surface area contributed by atoms with Crippen LogP contribution >= 0.6 is 0 Å². The zero-order chi connectivity index (χ0) is 16.1. The second-order valence-electron chi connectivity index (χ2n) is 6.03. The van der Waals surface area contributed by atoms with Gasteiger partial charge in [-0.05, 0) is 31.9 Å². The predicted molar refractivity (Wildman–Crippen MR) is 89.2 cm³/mol. The van der Waals surface area contributed by atoms with Gasteiger partial charge in [-0.25, -0.2) is 4.99 Å². The van der Waals surface area contributed by atoms with E-state index in [-0.39, 0.29) is 0 Å². The molecule has 2 aromatic heterocycles. The van der Waals surface area contributed by atoms with Crippen molar-refractivity contribution in [3.05, 3.63) is 30.2 Å². The van der Waals surface area contributed by atoms with Crippen LogP contribution in [-0.2, 0) is 6.54 Å². The summed E-state index contributed by atoms with van der Waals surface area (Å²) in [6.45, 7) is 3.75. The van der Waals surface area contributed by atoms with Gasteiger partial charge in [-0.1, -0.05) is 18.9 Å². The largest absolute Gasteiger partial charge is 0.388 e. The lowest BCUT2D eigenvalue weighted by Crippen LogP contribution is -2.46. The summed E-state index contributed by atoms with van der Waals surface area (Å²) in [5.41, 5.74) is 0.216. The molecule has 0 atom stereocenters. The van der Waals surface area contributed by atoms with Crippen LogP contribution < -0.4 is 10.6 Å². The van der Waals surface area contributed by atoms with Crippen LogP contribution in [0.2, 0.25) is 0 Å². The third kappa shape index (κ3) is 3.79. The Labute approximate surface area is 135 Å². The highest BCUT2D eigenvalue weighted by Gasteiger charge is 2.30. The van der Waals surface area contributed by atoms with Crippen molar-refractivity contribution < 1.29 is 5.11 Å². The van der Waals surface area contributed by atoms with Crippen LogP contribution in [0, 0.1) is 0 Å². The monoisotopic (exact) mass is 316 g/mol. The van der Waals surface area contributed by atoms with Crippen molar-refractivity contribution in [1.29, 1.82) is 0 Å². The van der Waals surface area contributed by atoms with E-state index in [1.807, 2.05) is 35.7 Å². The van der Waals surface area contributed by atoms with Crippen molar-refractivity contribution in [2.45, 2.75) is 44.8 Å². The Morgan fingerprint density at radius 2 is 2.13 bits per heavy atom. The smallest absolute Gasteiger partial charge is 0.191 e. The minimum Gasteiger partial charge on any atom is -0.388 e. The molecule has 1 fully saturated rings. The molecule has 0 spiro atoms. The van der Waals surface area contributed by atoms with Crippen LogP contribution in [0.4, 0.5) is 0 Å². The van der Waals surface area contributed by atoms with E-state index in [0.29, 0.717) is 19.0 Å². The lowest BCUT2D eigenvalue weighted by atomic mass is 10.0. The van der Waals surface area contributed by atoms with Crippen molar-refractivity contribution in [2.75, 3.05) is 13.1 Å². The molecule has 1 aliphatic rings. The zero-order valence-electron chi connectivity index (χ0n) is 13.5. The predicted octanol–water partition coefficient (Wildman–Crippen LogP) is 1.09. The number of fused-ring (bicyclic) bond motifs is 1. The number of hydrogen-bond donors (Lipinski definition) is 3. The fourth-order valence-corrected chi connectivity index (χ4v) is 2.95. The summed E-state index contributed by atoms with van der Waals surface area (Å²) < 4.78 is 1.93. The molecule has 1 aliphatic carbocycles. The van der Waals surface area contributed by atoms with Gasteiger partial charge in [0.2, 0.25) is 0 Å². The first kappa shape index (κ1) is 15.7. The number of aliphatic imine (C=N–C) groups is 1. The van der Waals surface area contributed by atoms with Crippen LogP contribution in [0.1, 0.15) is 38.4 Å². The molecule has 0 unspecified atom stereocenters. The van der Waals surface area contributed by atoms with Gasteiger partial charge in [0.15, 0.2) is 17.4 Å². The molecule has 3 rings (SSSR count). The average Bonchev–Trinajstić information content (AvgIpc) is 3.17. The number of guanidine groups is 1. The molecule has 2 aromatic rings. The minimum absolute atomic E-state index is 0.430. The van der Waals surface area contributed by atoms with Gasteiger partial charge < -0.3 is 15.7 Å². The van der Waals surface area contributed by atoms with E-state index in [1.165, 1.54) is 0 Å². The molecule has 124 valence electrons. The Morgan fingerprint density at radius 1 is 1.30 bits per heavy atom.